The number of H-pyrrole nitrogens is 2. The number of carbonyl (C=O) groups is 14. The van der Waals surface area contributed by atoms with E-state index in [1.807, 2.05) is 61.4 Å². The number of imide groups is 4. The maximum Gasteiger partial charge on any atom is 0.417 e. The molecule has 8 aliphatic rings. The van der Waals surface area contributed by atoms with Crippen LogP contribution in [-0.4, -0.2) is 279 Å². The van der Waals surface area contributed by atoms with E-state index in [4.69, 9.17) is 10.8 Å². The highest BCUT2D eigenvalue weighted by molar-refractivity contribution is 6.25. The number of amides is 13. The summed E-state index contributed by atoms with van der Waals surface area (Å²) in [6, 6.07) is 20.6. The molecule has 143 heavy (non-hydrogen) atoms. The maximum absolute atomic E-state index is 16.2. The lowest BCUT2D eigenvalue weighted by molar-refractivity contribution is -0.141. The average molecular weight is 1990 g/mol. The topological polar surface area (TPSA) is 469 Å². The summed E-state index contributed by atoms with van der Waals surface area (Å²) in [4.78, 5) is 229. The molecular formula is C98H106F8N20O17. The van der Waals surface area contributed by atoms with Gasteiger partial charge >= 0.3 is 18.3 Å². The predicted molar refractivity (Wildman–Crippen MR) is 506 cm³/mol. The van der Waals surface area contributed by atoms with Crippen molar-refractivity contribution in [3.63, 3.8) is 0 Å². The van der Waals surface area contributed by atoms with Crippen molar-refractivity contribution >= 4 is 117 Å². The molecule has 4 aromatic carbocycles. The standard InChI is InChI=1S/C49H52F4N10O8.C33H37F4N7O5.C16H17N3O4/c1-27-25-62(26-28(2)59(27)3)38-22-35(50)32(20-36(38)57-45(68)33-24-56-42(66)21-34(33)49(51,52)53)30-9-11-39(55-23-30)60-16-18-61(19-17-60)43(67)14-13-40(64)54-15-5-7-29-6-4-8-31-44(29)48(71)63(47(31)70)37-10-12-41(65)58-46(37)69;1-19-17-44(18-20(2)41(19)3)27-14-25(34)22(12-26(27)40-32(49)23-16-39-29(45)13-24(23)33(35,36)37)21-4-5-28(38-15-21)42-8-10-43(11-9-42)30(46)6-7-31(47)48;17-8-2-4-9-3-1-5-10-13(9)16(23)19(15(10)22)11-6-7-12(20)18-14(11)21/h4,6,8-9,11,20-24,27-28,37H,5,7,10,12-19,25-26H2,1-3H3,(H,54,64)(H,56,66)(H,57,68)(H,58,65,69);4-5,12-16,19-20H,6-11,17-18H2,1-3H3,(H,39,45)(H,40,49)(H,47,48);1,3,5,11H,2,4,6-8,17H2,(H,18,20,21)/t27-,28+,37?;19-,20+;. The number of halogens is 8. The highest BCUT2D eigenvalue weighted by Gasteiger charge is 2.49. The Morgan fingerprint density at radius 1 is 0.476 bits per heavy atom. The third kappa shape index (κ3) is 23.6. The lowest BCUT2D eigenvalue weighted by Gasteiger charge is -2.44. The summed E-state index contributed by atoms with van der Waals surface area (Å²) in [6.45, 7) is 13.7. The first-order valence-electron chi connectivity index (χ1n) is 46.6. The molecule has 6 saturated heterocycles. The molecule has 10 N–H and O–H groups in total. The van der Waals surface area contributed by atoms with Crippen molar-refractivity contribution in [2.75, 3.05) is 136 Å². The van der Waals surface area contributed by atoms with Gasteiger partial charge in [0.15, 0.2) is 0 Å². The summed E-state index contributed by atoms with van der Waals surface area (Å²) in [6.07, 6.45) is -3.63. The number of aromatic nitrogens is 4. The summed E-state index contributed by atoms with van der Waals surface area (Å²) >= 11 is 0. The third-order valence-corrected chi connectivity index (χ3v) is 26.9. The second kappa shape index (κ2) is 44.0. The summed E-state index contributed by atoms with van der Waals surface area (Å²) in [7, 11) is 3.92. The minimum absolute atomic E-state index is 0.0116. The molecule has 0 aliphatic carbocycles. The smallest absolute Gasteiger partial charge is 0.417 e. The van der Waals surface area contributed by atoms with E-state index in [2.05, 4.69) is 56.3 Å². The number of aryl methyl sites for hydroxylation is 2. The number of alkyl halides is 6. The van der Waals surface area contributed by atoms with Gasteiger partial charge in [-0.1, -0.05) is 24.3 Å². The van der Waals surface area contributed by atoms with Crippen molar-refractivity contribution in [2.24, 2.45) is 5.73 Å². The lowest BCUT2D eigenvalue weighted by atomic mass is 9.99. The molecule has 8 aliphatic heterocycles. The van der Waals surface area contributed by atoms with Crippen LogP contribution in [0, 0.1) is 11.6 Å². The van der Waals surface area contributed by atoms with Crippen LogP contribution in [0.4, 0.5) is 69.5 Å². The number of pyridine rings is 4. The van der Waals surface area contributed by atoms with Gasteiger partial charge in [0.25, 0.3) is 35.4 Å². The number of piperazine rings is 4. The fourth-order valence-corrected chi connectivity index (χ4v) is 18.7. The van der Waals surface area contributed by atoms with Crippen LogP contribution in [0.1, 0.15) is 176 Å². The zero-order valence-corrected chi connectivity index (χ0v) is 78.8. The van der Waals surface area contributed by atoms with E-state index in [9.17, 15) is 103 Å². The summed E-state index contributed by atoms with van der Waals surface area (Å²) in [5, 5.41) is 21.1. The number of hydrogen-bond acceptors (Lipinski definition) is 25. The average Bonchev–Trinajstić information content (AvgIpc) is 1.59. The van der Waals surface area contributed by atoms with E-state index in [1.165, 1.54) is 42.7 Å². The summed E-state index contributed by atoms with van der Waals surface area (Å²) < 4.78 is 115. The number of carboxylic acid groups (broad SMARTS) is 1. The number of likely N-dealkylation sites (N-methyl/N-ethyl adjacent to an activating group) is 2. The second-order valence-corrected chi connectivity index (χ2v) is 36.2. The molecule has 8 aromatic rings. The molecule has 6 atom stereocenters. The van der Waals surface area contributed by atoms with E-state index < -0.39 is 129 Å². The molecule has 16 rings (SSSR count). The number of nitrogens with zero attached hydrogens (tertiary/aromatic N) is 12. The predicted octanol–water partition coefficient (Wildman–Crippen LogP) is 7.82. The lowest BCUT2D eigenvalue weighted by Crippen LogP contribution is -2.55. The van der Waals surface area contributed by atoms with Crippen LogP contribution < -0.4 is 63.0 Å². The summed E-state index contributed by atoms with van der Waals surface area (Å²) in [5.41, 5.74) is 2.92. The van der Waals surface area contributed by atoms with Gasteiger partial charge in [0.2, 0.25) is 52.5 Å². The quantitative estimate of drug-likeness (QED) is 0.0149. The summed E-state index contributed by atoms with van der Waals surface area (Å²) in [5.74, 6) is -8.53. The van der Waals surface area contributed by atoms with Crippen molar-refractivity contribution in [3.8, 4) is 22.3 Å². The van der Waals surface area contributed by atoms with Gasteiger partial charge in [-0.3, -0.25) is 107 Å². The number of carbonyl (C=O) groups excluding carboxylic acids is 13. The van der Waals surface area contributed by atoms with Gasteiger partial charge in [0, 0.05) is 201 Å². The number of nitrogens with two attached hydrogens (primary N) is 1. The molecule has 0 radical (unpaired) electrons. The number of piperidine rings is 2. The van der Waals surface area contributed by atoms with Gasteiger partial charge < -0.3 is 66.2 Å². The van der Waals surface area contributed by atoms with Crippen LogP contribution >= 0.6 is 0 Å². The fourth-order valence-electron chi connectivity index (χ4n) is 18.7. The van der Waals surface area contributed by atoms with Gasteiger partial charge in [0.05, 0.1) is 73.7 Å². The number of anilines is 6. The Kier molecular flexibility index (Phi) is 32.0. The molecule has 0 bridgehead atoms. The van der Waals surface area contributed by atoms with Crippen LogP contribution in [0.3, 0.4) is 0 Å². The van der Waals surface area contributed by atoms with Crippen LogP contribution in [0.2, 0.25) is 0 Å². The molecule has 45 heteroatoms. The molecule has 0 spiro atoms. The molecule has 13 amide bonds. The number of carboxylic acids is 1. The highest BCUT2D eigenvalue weighted by atomic mass is 19.4. The number of nitrogens with one attached hydrogen (secondary N) is 7. The van der Waals surface area contributed by atoms with Crippen molar-refractivity contribution in [3.05, 3.63) is 210 Å². The molecule has 12 heterocycles. The molecule has 6 fully saturated rings. The van der Waals surface area contributed by atoms with E-state index in [0.29, 0.717) is 180 Å². The van der Waals surface area contributed by atoms with Gasteiger partial charge in [-0.15, -0.1) is 0 Å². The third-order valence-electron chi connectivity index (χ3n) is 26.9. The van der Waals surface area contributed by atoms with E-state index in [1.54, 1.807) is 64.4 Å². The highest BCUT2D eigenvalue weighted by Crippen LogP contribution is 2.42. The zero-order valence-electron chi connectivity index (χ0n) is 78.8. The zero-order chi connectivity index (χ0) is 103. The number of hydrogen-bond donors (Lipinski definition) is 9. The van der Waals surface area contributed by atoms with Gasteiger partial charge in [-0.25, -0.2) is 18.7 Å². The maximum atomic E-state index is 16.2. The SMILES string of the molecule is C[C@@H]1CN(c2cc(F)c(-c3ccc(N4CCN(C(=O)CCC(=O)NCCCc5cccc6c5C(=O)N(C5CCC(=O)NC5=O)C6=O)CC4)nc3)cc2NC(=O)c2c[nH]c(=O)cc2C(F)(F)F)C[C@H](C)N1C.C[C@@H]1CN(c2cc(F)c(-c3ccc(N4CCN(C(=O)CCC(=O)O)CC4)nc3)cc2NC(=O)c2c[nH]c(=O)cc2C(F)(F)F)C[C@H](C)N1C.NCCCc1cccc2c1C(=O)N(C1CCC(=O)NC1=O)C2=O. The molecule has 0 saturated carbocycles. The first-order valence-corrected chi connectivity index (χ1v) is 46.6. The normalized spacial score (nSPS) is 19.6. The van der Waals surface area contributed by atoms with Crippen molar-refractivity contribution in [1.82, 2.24) is 65.3 Å². The minimum atomic E-state index is -5.00. The Morgan fingerprint density at radius 2 is 0.867 bits per heavy atom. The fraction of sp³-hybridized carbons (Fsp3) is 0.408. The van der Waals surface area contributed by atoms with Crippen LogP contribution in [0.25, 0.3) is 22.3 Å². The van der Waals surface area contributed by atoms with Gasteiger partial charge in [0.1, 0.15) is 35.4 Å². The van der Waals surface area contributed by atoms with Crippen molar-refractivity contribution in [2.45, 2.75) is 153 Å². The number of benzene rings is 4. The molecule has 4 aromatic heterocycles. The number of rotatable bonds is 25. The van der Waals surface area contributed by atoms with Crippen LogP contribution in [0.15, 0.2) is 131 Å². The van der Waals surface area contributed by atoms with Crippen LogP contribution in [0.5, 0.6) is 0 Å². The van der Waals surface area contributed by atoms with Crippen molar-refractivity contribution in [1.29, 1.82) is 0 Å². The molecule has 2 unspecified atom stereocenters. The largest absolute Gasteiger partial charge is 0.481 e. The molecule has 756 valence electrons. The van der Waals surface area contributed by atoms with E-state index in [0.717, 1.165) is 15.4 Å². The monoisotopic (exact) mass is 1990 g/mol. The number of aromatic amines is 2. The van der Waals surface area contributed by atoms with Gasteiger partial charge in [-0.05, 0) is 159 Å². The van der Waals surface area contributed by atoms with E-state index >= 15 is 8.78 Å². The first kappa shape index (κ1) is 104. The Labute approximate surface area is 813 Å². The van der Waals surface area contributed by atoms with Gasteiger partial charge in [-0.2, -0.15) is 26.3 Å². The Bertz CT molecular complexity index is 6420. The Balaban J connectivity index is 0.000000193. The second-order valence-electron chi connectivity index (χ2n) is 36.2. The number of fused-ring (bicyclic) bond motifs is 2. The molecule has 37 nitrogen and oxygen atoms in total. The van der Waals surface area contributed by atoms with Crippen LogP contribution in [-0.2, 0) is 63.6 Å². The van der Waals surface area contributed by atoms with E-state index in [-0.39, 0.29) is 145 Å². The number of aliphatic carboxylic acids is 1. The molecular weight excluding hydrogens is 1880 g/mol. The van der Waals surface area contributed by atoms with Crippen molar-refractivity contribution < 1.29 is 107 Å². The first-order chi connectivity index (χ1) is 67.9. The Hall–Kier alpha value is -15.0. The minimum Gasteiger partial charge on any atom is -0.481 e. The Morgan fingerprint density at radius 3 is 1.23 bits per heavy atom.